The minimum Gasteiger partial charge on any atom is -0.466 e. The predicted molar refractivity (Wildman–Crippen MR) is 155 cm³/mol. The number of hydrogen-bond acceptors (Lipinski definition) is 5. The van der Waals surface area contributed by atoms with Crippen LogP contribution in [0.3, 0.4) is 0 Å². The van der Waals surface area contributed by atoms with Crippen LogP contribution in [0.4, 0.5) is 0 Å². The van der Waals surface area contributed by atoms with Crippen LogP contribution in [0.25, 0.3) is 0 Å². The molecule has 37 heavy (non-hydrogen) atoms. The fraction of sp³-hybridized carbons (Fsp3) is 0.938. The summed E-state index contributed by atoms with van der Waals surface area (Å²) in [5.41, 5.74) is 0. The average Bonchev–Trinajstić information content (AvgIpc) is 2.89. The number of unbranched alkanes of at least 4 members (excludes halogenated alkanes) is 22. The lowest BCUT2D eigenvalue weighted by molar-refractivity contribution is -0.160. The minimum absolute atomic E-state index is 0.307. The van der Waals surface area contributed by atoms with Crippen molar-refractivity contribution in [2.45, 2.75) is 180 Å². The molecule has 1 unspecified atom stereocenters. The first-order valence-corrected chi connectivity index (χ1v) is 16.1. The Hall–Kier alpha value is -1.10. The number of aliphatic hydroxyl groups excluding tert-OH is 1. The van der Waals surface area contributed by atoms with Crippen molar-refractivity contribution in [3.05, 3.63) is 0 Å². The van der Waals surface area contributed by atoms with Gasteiger partial charge in [-0.05, 0) is 12.8 Å². The van der Waals surface area contributed by atoms with Crippen LogP contribution >= 0.6 is 0 Å². The number of aliphatic hydroxyl groups is 1. The van der Waals surface area contributed by atoms with Crippen molar-refractivity contribution in [3.63, 3.8) is 0 Å². The van der Waals surface area contributed by atoms with Gasteiger partial charge in [0.05, 0.1) is 19.6 Å². The molecule has 0 saturated heterocycles. The summed E-state index contributed by atoms with van der Waals surface area (Å²) in [4.78, 5) is 23.7. The topological polar surface area (TPSA) is 72.8 Å². The highest BCUT2D eigenvalue weighted by atomic mass is 16.6. The van der Waals surface area contributed by atoms with Crippen molar-refractivity contribution >= 4 is 11.9 Å². The summed E-state index contributed by atoms with van der Waals surface area (Å²) in [5.74, 6) is -1.25. The van der Waals surface area contributed by atoms with Crippen molar-refractivity contribution in [1.82, 2.24) is 0 Å². The smallest absolute Gasteiger partial charge is 0.335 e. The van der Waals surface area contributed by atoms with Crippen LogP contribution in [-0.2, 0) is 19.1 Å². The molecule has 1 atom stereocenters. The highest BCUT2D eigenvalue weighted by Crippen LogP contribution is 2.13. The first-order chi connectivity index (χ1) is 18.1. The van der Waals surface area contributed by atoms with E-state index < -0.39 is 18.0 Å². The maximum atomic E-state index is 11.9. The largest absolute Gasteiger partial charge is 0.466 e. The Bertz CT molecular complexity index is 494. The molecule has 0 rings (SSSR count). The molecule has 0 aromatic heterocycles. The van der Waals surface area contributed by atoms with Gasteiger partial charge in [-0.15, -0.1) is 0 Å². The third-order valence-corrected chi connectivity index (χ3v) is 7.14. The van der Waals surface area contributed by atoms with E-state index in [1.807, 2.05) is 0 Å². The monoisotopic (exact) mass is 526 g/mol. The molecule has 0 fully saturated rings. The van der Waals surface area contributed by atoms with E-state index in [9.17, 15) is 14.7 Å². The van der Waals surface area contributed by atoms with Crippen molar-refractivity contribution in [2.75, 3.05) is 13.2 Å². The van der Waals surface area contributed by atoms with Gasteiger partial charge in [-0.2, -0.15) is 0 Å². The molecular weight excluding hydrogens is 464 g/mol. The van der Waals surface area contributed by atoms with E-state index in [-0.39, 0.29) is 6.42 Å². The lowest BCUT2D eigenvalue weighted by Crippen LogP contribution is -2.27. The first kappa shape index (κ1) is 35.9. The standard InChI is InChI=1S/C32H62O5/c1-3-5-7-9-11-13-15-17-19-21-23-25-27-36-31(34)29-30(33)32(35)37-28-26-24-22-20-18-16-14-12-10-8-6-4-2/h30,33H,3-29H2,1-2H3. The van der Waals surface area contributed by atoms with E-state index in [1.165, 1.54) is 122 Å². The van der Waals surface area contributed by atoms with Gasteiger partial charge < -0.3 is 14.6 Å². The molecule has 1 N–H and O–H groups in total. The number of carbonyl (C=O) groups is 2. The summed E-state index contributed by atoms with van der Waals surface area (Å²) in [6.45, 7) is 5.17. The maximum Gasteiger partial charge on any atom is 0.335 e. The van der Waals surface area contributed by atoms with Crippen LogP contribution in [0.15, 0.2) is 0 Å². The van der Waals surface area contributed by atoms with Gasteiger partial charge in [0.25, 0.3) is 0 Å². The summed E-state index contributed by atoms with van der Waals surface area (Å²) in [7, 11) is 0. The van der Waals surface area contributed by atoms with Crippen LogP contribution in [0.2, 0.25) is 0 Å². The van der Waals surface area contributed by atoms with Gasteiger partial charge in [0.1, 0.15) is 0 Å². The van der Waals surface area contributed by atoms with Gasteiger partial charge in [-0.3, -0.25) is 4.79 Å². The average molecular weight is 527 g/mol. The highest BCUT2D eigenvalue weighted by Gasteiger charge is 2.21. The second-order valence-electron chi connectivity index (χ2n) is 10.9. The molecule has 0 aliphatic carbocycles. The Labute approximate surface area is 229 Å². The number of carbonyl (C=O) groups excluding carboxylic acids is 2. The third kappa shape index (κ3) is 27.7. The van der Waals surface area contributed by atoms with Crippen molar-refractivity contribution in [2.24, 2.45) is 0 Å². The Kier molecular flexibility index (Phi) is 28.6. The molecule has 0 spiro atoms. The second kappa shape index (κ2) is 29.5. The van der Waals surface area contributed by atoms with Crippen molar-refractivity contribution in [3.8, 4) is 0 Å². The fourth-order valence-electron chi connectivity index (χ4n) is 4.64. The number of esters is 2. The van der Waals surface area contributed by atoms with Gasteiger partial charge in [-0.25, -0.2) is 4.79 Å². The second-order valence-corrected chi connectivity index (χ2v) is 10.9. The van der Waals surface area contributed by atoms with Crippen LogP contribution in [0, 0.1) is 0 Å². The molecule has 0 heterocycles. The van der Waals surface area contributed by atoms with Crippen molar-refractivity contribution < 1.29 is 24.2 Å². The molecule has 0 radical (unpaired) electrons. The predicted octanol–water partition coefficient (Wildman–Crippen LogP) is 9.23. The molecule has 0 aliphatic rings. The summed E-state index contributed by atoms with van der Waals surface area (Å²) in [6, 6.07) is 0. The van der Waals surface area contributed by atoms with Gasteiger partial charge >= 0.3 is 11.9 Å². The van der Waals surface area contributed by atoms with Crippen LogP contribution in [-0.4, -0.2) is 36.4 Å². The highest BCUT2D eigenvalue weighted by molar-refractivity contribution is 5.81. The summed E-state index contributed by atoms with van der Waals surface area (Å²) in [6.07, 6.45) is 28.3. The summed E-state index contributed by atoms with van der Waals surface area (Å²) >= 11 is 0. The van der Waals surface area contributed by atoms with Gasteiger partial charge in [0, 0.05) is 0 Å². The van der Waals surface area contributed by atoms with E-state index in [0.717, 1.165) is 32.1 Å². The summed E-state index contributed by atoms with van der Waals surface area (Å²) in [5, 5.41) is 9.91. The quantitative estimate of drug-likeness (QED) is 0.0776. The van der Waals surface area contributed by atoms with E-state index in [1.54, 1.807) is 0 Å². The molecule has 5 nitrogen and oxygen atoms in total. The zero-order valence-corrected chi connectivity index (χ0v) is 24.7. The maximum absolute atomic E-state index is 11.9. The number of ether oxygens (including phenoxy) is 2. The van der Waals surface area contributed by atoms with E-state index in [2.05, 4.69) is 13.8 Å². The molecule has 0 saturated carbocycles. The Morgan fingerprint density at radius 1 is 0.486 bits per heavy atom. The number of hydrogen-bond donors (Lipinski definition) is 1. The first-order valence-electron chi connectivity index (χ1n) is 16.1. The molecule has 0 aromatic carbocycles. The molecule has 0 amide bonds. The van der Waals surface area contributed by atoms with E-state index in [4.69, 9.17) is 9.47 Å². The van der Waals surface area contributed by atoms with Crippen LogP contribution in [0.1, 0.15) is 174 Å². The van der Waals surface area contributed by atoms with Gasteiger partial charge in [0.15, 0.2) is 6.10 Å². The molecule has 0 bridgehead atoms. The lowest BCUT2D eigenvalue weighted by atomic mass is 10.1. The molecule has 0 aromatic rings. The fourth-order valence-corrected chi connectivity index (χ4v) is 4.64. The van der Waals surface area contributed by atoms with E-state index >= 15 is 0 Å². The zero-order valence-electron chi connectivity index (χ0n) is 24.7. The third-order valence-electron chi connectivity index (χ3n) is 7.14. The zero-order chi connectivity index (χ0) is 27.2. The summed E-state index contributed by atoms with van der Waals surface area (Å²) < 4.78 is 10.3. The normalized spacial score (nSPS) is 12.0. The lowest BCUT2D eigenvalue weighted by Gasteiger charge is -2.11. The number of rotatable bonds is 29. The Morgan fingerprint density at radius 2 is 0.784 bits per heavy atom. The molecular formula is C32H62O5. The molecule has 220 valence electrons. The molecule has 0 aliphatic heterocycles. The Balaban J connectivity index is 3.43. The van der Waals surface area contributed by atoms with Gasteiger partial charge in [0.2, 0.25) is 0 Å². The minimum atomic E-state index is -1.42. The van der Waals surface area contributed by atoms with Crippen molar-refractivity contribution in [1.29, 1.82) is 0 Å². The van der Waals surface area contributed by atoms with E-state index in [0.29, 0.717) is 13.2 Å². The van der Waals surface area contributed by atoms with Crippen LogP contribution < -0.4 is 0 Å². The van der Waals surface area contributed by atoms with Crippen LogP contribution in [0.5, 0.6) is 0 Å². The Morgan fingerprint density at radius 3 is 1.14 bits per heavy atom. The van der Waals surface area contributed by atoms with Gasteiger partial charge in [-0.1, -0.05) is 155 Å². The molecule has 5 heteroatoms. The SMILES string of the molecule is CCCCCCCCCCCCCCOC(=O)CC(O)C(=O)OCCCCCCCCCCCCCC.